The van der Waals surface area contributed by atoms with Crippen LogP contribution in [0.2, 0.25) is 0 Å². The van der Waals surface area contributed by atoms with Gasteiger partial charge in [0.2, 0.25) is 5.78 Å². The van der Waals surface area contributed by atoms with E-state index >= 15 is 0 Å². The van der Waals surface area contributed by atoms with Crippen molar-refractivity contribution in [2.45, 2.75) is 32.7 Å². The molecule has 3 aromatic rings. The van der Waals surface area contributed by atoms with Crippen LogP contribution in [0.25, 0.3) is 0 Å². The first-order valence-electron chi connectivity index (χ1n) is 11.0. The van der Waals surface area contributed by atoms with Crippen molar-refractivity contribution in [2.75, 3.05) is 4.90 Å². The molecule has 0 spiro atoms. The van der Waals surface area contributed by atoms with E-state index in [9.17, 15) is 24.3 Å². The van der Waals surface area contributed by atoms with Crippen LogP contribution in [0.1, 0.15) is 63.2 Å². The zero-order valence-electron chi connectivity index (χ0n) is 19.1. The molecule has 1 aliphatic heterocycles. The van der Waals surface area contributed by atoms with Gasteiger partial charge in [-0.05, 0) is 36.1 Å². The second-order valence-corrected chi connectivity index (χ2v) is 8.72. The molecule has 4 rings (SSSR count). The molecular formula is C27H24N2O5. The summed E-state index contributed by atoms with van der Waals surface area (Å²) in [5.41, 5.74) is 2.97. The monoisotopic (exact) mass is 456 g/mol. The Morgan fingerprint density at radius 1 is 0.912 bits per heavy atom. The van der Waals surface area contributed by atoms with E-state index in [-0.39, 0.29) is 17.3 Å². The smallest absolute Gasteiger partial charge is 0.337 e. The van der Waals surface area contributed by atoms with E-state index in [0.717, 1.165) is 17.3 Å². The van der Waals surface area contributed by atoms with E-state index in [4.69, 9.17) is 0 Å². The molecule has 0 bridgehead atoms. The number of nitrogens with zero attached hydrogens (tertiary/aromatic N) is 2. The van der Waals surface area contributed by atoms with Crippen molar-refractivity contribution in [3.05, 3.63) is 94.7 Å². The zero-order valence-corrected chi connectivity index (χ0v) is 19.1. The number of benzene rings is 2. The lowest BCUT2D eigenvalue weighted by atomic mass is 9.85. The van der Waals surface area contributed by atoms with Crippen LogP contribution in [0, 0.1) is 12.8 Å². The van der Waals surface area contributed by atoms with Crippen molar-refractivity contribution >= 4 is 29.3 Å². The minimum Gasteiger partial charge on any atom is -0.478 e. The molecule has 2 aromatic carbocycles. The van der Waals surface area contributed by atoms with E-state index < -0.39 is 35.4 Å². The number of aromatic carboxylic acids is 1. The Balaban J connectivity index is 1.83. The average Bonchev–Trinajstić information content (AvgIpc) is 3.09. The number of carbonyl (C=O) groups is 4. The SMILES string of the molecule is Cc1ccc(C(=O)C2C(=O)C(=O)N(c3ccc(C(=O)O)cn3)C2c2ccc(C(C)C)cc2)cc1. The minimum atomic E-state index is -1.25. The molecule has 1 aromatic heterocycles. The predicted molar refractivity (Wildman–Crippen MR) is 126 cm³/mol. The molecule has 2 heterocycles. The summed E-state index contributed by atoms with van der Waals surface area (Å²) in [6.45, 7) is 6.01. The standard InChI is InChI=1S/C27H24N2O5/c1-15(2)17-8-10-18(11-9-17)23-22(24(30)19-6-4-16(3)5-7-19)25(31)26(32)29(23)21-13-12-20(14-28-21)27(33)34/h4-15,22-23H,1-3H3,(H,33,34). The van der Waals surface area contributed by atoms with Crippen molar-refractivity contribution in [3.63, 3.8) is 0 Å². The molecule has 172 valence electrons. The molecule has 1 N–H and O–H groups in total. The maximum Gasteiger partial charge on any atom is 0.337 e. The summed E-state index contributed by atoms with van der Waals surface area (Å²) < 4.78 is 0. The highest BCUT2D eigenvalue weighted by molar-refractivity contribution is 6.48. The van der Waals surface area contributed by atoms with Gasteiger partial charge in [-0.2, -0.15) is 0 Å². The Hall–Kier alpha value is -4.13. The first kappa shape index (κ1) is 23.0. The number of aromatic nitrogens is 1. The van der Waals surface area contributed by atoms with Crippen molar-refractivity contribution in [2.24, 2.45) is 5.92 Å². The fraction of sp³-hybridized carbons (Fsp3) is 0.222. The van der Waals surface area contributed by atoms with E-state index in [1.165, 1.54) is 17.0 Å². The quantitative estimate of drug-likeness (QED) is 0.336. The summed E-state index contributed by atoms with van der Waals surface area (Å²) in [5.74, 6) is -4.11. The molecular weight excluding hydrogens is 432 g/mol. The molecule has 2 unspecified atom stereocenters. The summed E-state index contributed by atoms with van der Waals surface area (Å²) in [6, 6.07) is 16.1. The number of hydrogen-bond donors (Lipinski definition) is 1. The molecule has 7 heteroatoms. The van der Waals surface area contributed by atoms with Gasteiger partial charge in [0.15, 0.2) is 5.78 Å². The second kappa shape index (κ2) is 9.02. The Labute approximate surface area is 197 Å². The fourth-order valence-corrected chi connectivity index (χ4v) is 4.15. The second-order valence-electron chi connectivity index (χ2n) is 8.72. The first-order valence-corrected chi connectivity index (χ1v) is 11.0. The molecule has 2 atom stereocenters. The van der Waals surface area contributed by atoms with Gasteiger partial charge in [-0.3, -0.25) is 19.3 Å². The predicted octanol–water partition coefficient (Wildman–Crippen LogP) is 4.37. The lowest BCUT2D eigenvalue weighted by molar-refractivity contribution is -0.135. The number of Topliss-reactive ketones (excluding diaryl/α,β-unsaturated/α-hetero) is 2. The highest BCUT2D eigenvalue weighted by Gasteiger charge is 2.52. The van der Waals surface area contributed by atoms with Crippen molar-refractivity contribution < 1.29 is 24.3 Å². The van der Waals surface area contributed by atoms with Gasteiger partial charge in [-0.15, -0.1) is 0 Å². The summed E-state index contributed by atoms with van der Waals surface area (Å²) >= 11 is 0. The van der Waals surface area contributed by atoms with E-state index in [1.54, 1.807) is 24.3 Å². The normalized spacial score (nSPS) is 17.9. The van der Waals surface area contributed by atoms with Gasteiger partial charge in [-0.1, -0.05) is 67.9 Å². The first-order chi connectivity index (χ1) is 16.2. The number of anilines is 1. The number of carboxylic acids is 1. The van der Waals surface area contributed by atoms with Crippen LogP contribution in [0.5, 0.6) is 0 Å². The molecule has 1 amide bonds. The van der Waals surface area contributed by atoms with E-state index in [2.05, 4.69) is 18.8 Å². The van der Waals surface area contributed by atoms with Crippen LogP contribution < -0.4 is 4.90 Å². The number of rotatable bonds is 6. The Morgan fingerprint density at radius 2 is 1.53 bits per heavy atom. The Bertz CT molecular complexity index is 1260. The minimum absolute atomic E-state index is 0.0492. The number of carboxylic acid groups (broad SMARTS) is 1. The Morgan fingerprint density at radius 3 is 2.06 bits per heavy atom. The Kier molecular flexibility index (Phi) is 6.11. The van der Waals surface area contributed by atoms with Gasteiger partial charge in [-0.25, -0.2) is 9.78 Å². The summed E-state index contributed by atoms with van der Waals surface area (Å²) in [5, 5.41) is 9.18. The fourth-order valence-electron chi connectivity index (χ4n) is 4.15. The van der Waals surface area contributed by atoms with Gasteiger partial charge in [0.25, 0.3) is 5.91 Å². The maximum absolute atomic E-state index is 13.5. The number of aryl methyl sites for hydroxylation is 1. The lowest BCUT2D eigenvalue weighted by Crippen LogP contribution is -2.31. The summed E-state index contributed by atoms with van der Waals surface area (Å²) in [7, 11) is 0. The van der Waals surface area contributed by atoms with Crippen LogP contribution in [-0.2, 0) is 9.59 Å². The van der Waals surface area contributed by atoms with Crippen molar-refractivity contribution in [3.8, 4) is 0 Å². The number of carbonyl (C=O) groups excluding carboxylic acids is 3. The third-order valence-corrected chi connectivity index (χ3v) is 6.11. The van der Waals surface area contributed by atoms with Gasteiger partial charge in [0, 0.05) is 11.8 Å². The van der Waals surface area contributed by atoms with E-state index in [0.29, 0.717) is 11.1 Å². The van der Waals surface area contributed by atoms with E-state index in [1.807, 2.05) is 31.2 Å². The van der Waals surface area contributed by atoms with Crippen molar-refractivity contribution in [1.82, 2.24) is 4.98 Å². The van der Waals surface area contributed by atoms with Crippen molar-refractivity contribution in [1.29, 1.82) is 0 Å². The maximum atomic E-state index is 13.5. The molecule has 0 saturated carbocycles. The molecule has 1 fully saturated rings. The number of ketones is 2. The van der Waals surface area contributed by atoms with Crippen LogP contribution in [-0.4, -0.2) is 33.5 Å². The molecule has 0 aliphatic carbocycles. The van der Waals surface area contributed by atoms with Gasteiger partial charge < -0.3 is 5.11 Å². The third kappa shape index (κ3) is 4.12. The zero-order chi connectivity index (χ0) is 24.6. The molecule has 1 aliphatic rings. The molecule has 0 radical (unpaired) electrons. The highest BCUT2D eigenvalue weighted by Crippen LogP contribution is 2.41. The van der Waals surface area contributed by atoms with Crippen LogP contribution in [0.3, 0.4) is 0 Å². The van der Waals surface area contributed by atoms with Gasteiger partial charge >= 0.3 is 5.97 Å². The third-order valence-electron chi connectivity index (χ3n) is 6.11. The average molecular weight is 456 g/mol. The molecule has 1 saturated heterocycles. The molecule has 7 nitrogen and oxygen atoms in total. The summed E-state index contributed by atoms with van der Waals surface area (Å²) in [4.78, 5) is 56.4. The van der Waals surface area contributed by atoms with Crippen LogP contribution >= 0.6 is 0 Å². The summed E-state index contributed by atoms with van der Waals surface area (Å²) in [6.07, 6.45) is 1.13. The van der Waals surface area contributed by atoms with Gasteiger partial charge in [0.1, 0.15) is 11.7 Å². The van der Waals surface area contributed by atoms with Crippen LogP contribution in [0.15, 0.2) is 66.9 Å². The van der Waals surface area contributed by atoms with Crippen LogP contribution in [0.4, 0.5) is 5.82 Å². The highest BCUT2D eigenvalue weighted by atomic mass is 16.4. The number of hydrogen-bond acceptors (Lipinski definition) is 5. The number of amides is 1. The lowest BCUT2D eigenvalue weighted by Gasteiger charge is -2.27. The molecule has 34 heavy (non-hydrogen) atoms. The van der Waals surface area contributed by atoms with Gasteiger partial charge in [0.05, 0.1) is 11.6 Å². The number of pyridine rings is 1. The topological polar surface area (TPSA) is 105 Å². The largest absolute Gasteiger partial charge is 0.478 e.